The minimum absolute atomic E-state index is 0.0407. The Bertz CT molecular complexity index is 680. The molecule has 0 aliphatic carbocycles. The van der Waals surface area contributed by atoms with E-state index in [0.717, 1.165) is 0 Å². The average Bonchev–Trinajstić information content (AvgIpc) is 3.17. The SMILES string of the molecule is CC(NC(=O)C(CO)NC(=O)C(Cc1cnc[nH]1)NC(=O)C(N)CO)C(=O)O. The lowest BCUT2D eigenvalue weighted by Gasteiger charge is -2.23. The number of carboxylic acids is 1. The number of nitrogens with one attached hydrogen (secondary N) is 4. The molecule has 1 rings (SSSR count). The number of rotatable bonds is 11. The molecular weight excluding hydrogens is 376 g/mol. The van der Waals surface area contributed by atoms with Gasteiger partial charge in [0.1, 0.15) is 24.2 Å². The number of imidazole rings is 1. The zero-order valence-corrected chi connectivity index (χ0v) is 15.1. The lowest BCUT2D eigenvalue weighted by atomic mass is 10.1. The molecule has 0 fully saturated rings. The van der Waals surface area contributed by atoms with Crippen LogP contribution in [0.5, 0.6) is 0 Å². The van der Waals surface area contributed by atoms with Crippen molar-refractivity contribution in [2.45, 2.75) is 37.5 Å². The Balaban J connectivity index is 2.86. The van der Waals surface area contributed by atoms with Crippen LogP contribution in [-0.2, 0) is 25.6 Å². The Morgan fingerprint density at radius 2 is 1.68 bits per heavy atom. The van der Waals surface area contributed by atoms with E-state index < -0.39 is 61.1 Å². The van der Waals surface area contributed by atoms with E-state index in [1.54, 1.807) is 0 Å². The number of nitrogens with zero attached hydrogens (tertiary/aromatic N) is 1. The number of aromatic nitrogens is 2. The third-order valence-electron chi connectivity index (χ3n) is 3.69. The number of aliphatic hydroxyl groups excluding tert-OH is 2. The van der Waals surface area contributed by atoms with Crippen LogP contribution in [-0.4, -0.2) is 86.4 Å². The van der Waals surface area contributed by atoms with Gasteiger partial charge in [0.2, 0.25) is 17.7 Å². The summed E-state index contributed by atoms with van der Waals surface area (Å²) in [7, 11) is 0. The highest BCUT2D eigenvalue weighted by atomic mass is 16.4. The fraction of sp³-hybridized carbons (Fsp3) is 0.533. The normalized spacial score (nSPS) is 15.0. The molecule has 13 heteroatoms. The second kappa shape index (κ2) is 11.0. The Morgan fingerprint density at radius 3 is 2.18 bits per heavy atom. The fourth-order valence-corrected chi connectivity index (χ4v) is 2.03. The topological polar surface area (TPSA) is 220 Å². The van der Waals surface area contributed by atoms with E-state index in [9.17, 15) is 24.3 Å². The summed E-state index contributed by atoms with van der Waals surface area (Å²) >= 11 is 0. The van der Waals surface area contributed by atoms with Crippen molar-refractivity contribution in [1.29, 1.82) is 0 Å². The maximum absolute atomic E-state index is 12.5. The lowest BCUT2D eigenvalue weighted by molar-refractivity contribution is -0.142. The van der Waals surface area contributed by atoms with Gasteiger partial charge in [0.15, 0.2) is 0 Å². The van der Waals surface area contributed by atoms with E-state index in [1.807, 2.05) is 0 Å². The standard InChI is InChI=1S/C15H24N6O7/c1-7(15(27)28)19-14(26)11(5-23)21-13(25)10(2-8-3-17-6-18-8)20-12(24)9(16)4-22/h3,6-7,9-11,22-23H,2,4-5,16H2,1H3,(H,17,18)(H,19,26)(H,20,24)(H,21,25)(H,27,28). The van der Waals surface area contributed by atoms with Gasteiger partial charge in [-0.15, -0.1) is 0 Å². The predicted octanol–water partition coefficient (Wildman–Crippen LogP) is -4.18. The van der Waals surface area contributed by atoms with E-state index in [0.29, 0.717) is 5.69 Å². The van der Waals surface area contributed by atoms with Crippen LogP contribution in [0.25, 0.3) is 0 Å². The zero-order chi connectivity index (χ0) is 21.3. The van der Waals surface area contributed by atoms with E-state index in [1.165, 1.54) is 19.4 Å². The third-order valence-corrected chi connectivity index (χ3v) is 3.69. The highest BCUT2D eigenvalue weighted by Gasteiger charge is 2.29. The molecule has 1 aromatic rings. The monoisotopic (exact) mass is 400 g/mol. The Kier molecular flexibility index (Phi) is 9.01. The second-order valence-electron chi connectivity index (χ2n) is 5.94. The van der Waals surface area contributed by atoms with Crippen molar-refractivity contribution >= 4 is 23.7 Å². The Morgan fingerprint density at radius 1 is 1.07 bits per heavy atom. The number of carbonyl (C=O) groups excluding carboxylic acids is 3. The average molecular weight is 400 g/mol. The number of carboxylic acid groups (broad SMARTS) is 1. The molecule has 4 unspecified atom stereocenters. The molecule has 28 heavy (non-hydrogen) atoms. The summed E-state index contributed by atoms with van der Waals surface area (Å²) in [5.41, 5.74) is 5.91. The van der Waals surface area contributed by atoms with Gasteiger partial charge in [0.25, 0.3) is 0 Å². The first kappa shape index (κ1) is 23.0. The number of hydrogen-bond acceptors (Lipinski definition) is 8. The fourth-order valence-electron chi connectivity index (χ4n) is 2.03. The van der Waals surface area contributed by atoms with E-state index in [-0.39, 0.29) is 6.42 Å². The van der Waals surface area contributed by atoms with Gasteiger partial charge >= 0.3 is 5.97 Å². The lowest BCUT2D eigenvalue weighted by Crippen LogP contribution is -2.58. The van der Waals surface area contributed by atoms with Crippen molar-refractivity contribution in [2.24, 2.45) is 5.73 Å². The largest absolute Gasteiger partial charge is 0.480 e. The molecule has 0 saturated carbocycles. The summed E-state index contributed by atoms with van der Waals surface area (Å²) in [6, 6.07) is -5.14. The number of amides is 3. The quantitative estimate of drug-likeness (QED) is 0.180. The van der Waals surface area contributed by atoms with Gasteiger partial charge in [0.05, 0.1) is 19.5 Å². The molecule has 3 amide bonds. The summed E-state index contributed by atoms with van der Waals surface area (Å²) in [5, 5.41) is 33.8. The molecule has 9 N–H and O–H groups in total. The molecule has 4 atom stereocenters. The number of aliphatic hydroxyl groups is 2. The highest BCUT2D eigenvalue weighted by molar-refractivity contribution is 5.94. The minimum Gasteiger partial charge on any atom is -0.480 e. The van der Waals surface area contributed by atoms with Crippen molar-refractivity contribution in [3.05, 3.63) is 18.2 Å². The second-order valence-corrected chi connectivity index (χ2v) is 5.94. The maximum Gasteiger partial charge on any atom is 0.325 e. The molecule has 156 valence electrons. The van der Waals surface area contributed by atoms with Crippen molar-refractivity contribution < 1.29 is 34.5 Å². The van der Waals surface area contributed by atoms with Crippen LogP contribution in [0.4, 0.5) is 0 Å². The maximum atomic E-state index is 12.5. The van der Waals surface area contributed by atoms with Gasteiger partial charge in [-0.1, -0.05) is 0 Å². The van der Waals surface area contributed by atoms with E-state index >= 15 is 0 Å². The summed E-state index contributed by atoms with van der Waals surface area (Å²) in [5.74, 6) is -3.83. The molecule has 0 aliphatic heterocycles. The first-order valence-electron chi connectivity index (χ1n) is 8.28. The Labute approximate surface area is 159 Å². The molecule has 13 nitrogen and oxygen atoms in total. The van der Waals surface area contributed by atoms with Gasteiger partial charge in [-0.2, -0.15) is 0 Å². The molecule has 1 heterocycles. The molecule has 0 bridgehead atoms. The van der Waals surface area contributed by atoms with Crippen LogP contribution in [0.1, 0.15) is 12.6 Å². The van der Waals surface area contributed by atoms with Crippen molar-refractivity contribution in [3.8, 4) is 0 Å². The first-order valence-corrected chi connectivity index (χ1v) is 8.28. The van der Waals surface area contributed by atoms with Crippen molar-refractivity contribution in [2.75, 3.05) is 13.2 Å². The number of carbonyl (C=O) groups is 4. The molecule has 0 radical (unpaired) electrons. The van der Waals surface area contributed by atoms with Crippen LogP contribution >= 0.6 is 0 Å². The zero-order valence-electron chi connectivity index (χ0n) is 15.1. The minimum atomic E-state index is -1.44. The Hall–Kier alpha value is -3.03. The van der Waals surface area contributed by atoms with Gasteiger partial charge < -0.3 is 42.0 Å². The van der Waals surface area contributed by atoms with Gasteiger partial charge in [-0.05, 0) is 6.92 Å². The number of aliphatic carboxylic acids is 1. The third kappa shape index (κ3) is 6.94. The first-order chi connectivity index (χ1) is 13.2. The number of nitrogens with two attached hydrogens (primary N) is 1. The van der Waals surface area contributed by atoms with Crippen molar-refractivity contribution in [3.63, 3.8) is 0 Å². The van der Waals surface area contributed by atoms with Crippen LogP contribution in [0.3, 0.4) is 0 Å². The molecule has 1 aromatic heterocycles. The van der Waals surface area contributed by atoms with Gasteiger partial charge in [-0.3, -0.25) is 19.2 Å². The van der Waals surface area contributed by atoms with Crippen LogP contribution in [0.2, 0.25) is 0 Å². The molecular formula is C15H24N6O7. The smallest absolute Gasteiger partial charge is 0.325 e. The highest BCUT2D eigenvalue weighted by Crippen LogP contribution is 2.01. The summed E-state index contributed by atoms with van der Waals surface area (Å²) in [4.78, 5) is 53.9. The van der Waals surface area contributed by atoms with Gasteiger partial charge in [-0.25, -0.2) is 4.98 Å². The van der Waals surface area contributed by atoms with Crippen LogP contribution in [0, 0.1) is 0 Å². The molecule has 0 aromatic carbocycles. The number of H-pyrrole nitrogens is 1. The van der Waals surface area contributed by atoms with Crippen LogP contribution in [0.15, 0.2) is 12.5 Å². The molecule has 0 aliphatic rings. The molecule has 0 saturated heterocycles. The van der Waals surface area contributed by atoms with E-state index in [4.69, 9.17) is 15.9 Å². The number of aromatic amines is 1. The summed E-state index contributed by atoms with van der Waals surface area (Å²) in [6.45, 7) is -0.224. The van der Waals surface area contributed by atoms with E-state index in [2.05, 4.69) is 25.9 Å². The molecule has 0 spiro atoms. The van der Waals surface area contributed by atoms with Crippen molar-refractivity contribution in [1.82, 2.24) is 25.9 Å². The van der Waals surface area contributed by atoms with Crippen LogP contribution < -0.4 is 21.7 Å². The predicted molar refractivity (Wildman–Crippen MR) is 93.5 cm³/mol. The summed E-state index contributed by atoms with van der Waals surface area (Å²) < 4.78 is 0. The van der Waals surface area contributed by atoms with Gasteiger partial charge in [0, 0.05) is 18.3 Å². The number of hydrogen-bond donors (Lipinski definition) is 8. The summed E-state index contributed by atoms with van der Waals surface area (Å²) in [6.07, 6.45) is 2.74.